The van der Waals surface area contributed by atoms with Gasteiger partial charge in [-0.1, -0.05) is 115 Å². The SMILES string of the molecule is C1=CCC(Nc2ccc3c(c2)-c2ccccc2C3(c2ccccc2)c2ccccc2)C=C1. The second-order valence-electron chi connectivity index (χ2n) is 8.59. The van der Waals surface area contributed by atoms with E-state index in [4.69, 9.17) is 0 Å². The largest absolute Gasteiger partial charge is 0.379 e. The molecule has 2 aliphatic rings. The van der Waals surface area contributed by atoms with Gasteiger partial charge in [-0.2, -0.15) is 0 Å². The number of allylic oxidation sites excluding steroid dienone is 2. The highest BCUT2D eigenvalue weighted by Crippen LogP contribution is 2.56. The summed E-state index contributed by atoms with van der Waals surface area (Å²) in [4.78, 5) is 0. The minimum atomic E-state index is -0.319. The molecule has 0 aliphatic heterocycles. The van der Waals surface area contributed by atoms with Gasteiger partial charge in [0.25, 0.3) is 0 Å². The van der Waals surface area contributed by atoms with E-state index in [0.717, 1.165) is 6.42 Å². The molecule has 0 radical (unpaired) electrons. The van der Waals surface area contributed by atoms with Crippen LogP contribution in [0.5, 0.6) is 0 Å². The molecule has 0 spiro atoms. The fourth-order valence-corrected chi connectivity index (χ4v) is 5.44. The Morgan fingerprint density at radius 3 is 1.97 bits per heavy atom. The lowest BCUT2D eigenvalue weighted by Crippen LogP contribution is -2.28. The van der Waals surface area contributed by atoms with E-state index in [1.54, 1.807) is 0 Å². The van der Waals surface area contributed by atoms with Gasteiger partial charge in [0, 0.05) is 11.7 Å². The van der Waals surface area contributed by atoms with Crippen molar-refractivity contribution in [2.24, 2.45) is 0 Å². The molecule has 0 aromatic heterocycles. The zero-order valence-corrected chi connectivity index (χ0v) is 17.9. The molecule has 0 heterocycles. The summed E-state index contributed by atoms with van der Waals surface area (Å²) in [5, 5.41) is 3.71. The Kier molecular flexibility index (Phi) is 4.54. The molecule has 1 nitrogen and oxygen atoms in total. The number of anilines is 1. The molecule has 1 heteroatoms. The molecule has 2 aliphatic carbocycles. The molecule has 0 amide bonds. The van der Waals surface area contributed by atoms with Crippen molar-refractivity contribution < 1.29 is 0 Å². The van der Waals surface area contributed by atoms with E-state index in [1.807, 2.05) is 0 Å². The van der Waals surface area contributed by atoms with Gasteiger partial charge in [-0.05, 0) is 51.9 Å². The minimum Gasteiger partial charge on any atom is -0.379 e. The third kappa shape index (κ3) is 2.85. The van der Waals surface area contributed by atoms with Crippen LogP contribution in [-0.2, 0) is 5.41 Å². The Balaban J connectivity index is 1.59. The fourth-order valence-electron chi connectivity index (χ4n) is 5.44. The monoisotopic (exact) mass is 411 g/mol. The number of benzene rings is 4. The first-order valence-electron chi connectivity index (χ1n) is 11.3. The van der Waals surface area contributed by atoms with Crippen molar-refractivity contribution in [2.75, 3.05) is 5.32 Å². The molecule has 6 rings (SSSR count). The normalized spacial score (nSPS) is 17.6. The second kappa shape index (κ2) is 7.69. The second-order valence-corrected chi connectivity index (χ2v) is 8.59. The van der Waals surface area contributed by atoms with E-state index in [9.17, 15) is 0 Å². The highest BCUT2D eigenvalue weighted by molar-refractivity contribution is 5.87. The van der Waals surface area contributed by atoms with Crippen LogP contribution >= 0.6 is 0 Å². The van der Waals surface area contributed by atoms with Crippen LogP contribution in [0.2, 0.25) is 0 Å². The quantitative estimate of drug-likeness (QED) is 0.326. The number of rotatable bonds is 4. The summed E-state index contributed by atoms with van der Waals surface area (Å²) in [6, 6.07) is 38.0. The lowest BCUT2D eigenvalue weighted by Gasteiger charge is -2.34. The summed E-state index contributed by atoms with van der Waals surface area (Å²) in [5.41, 5.74) is 8.79. The molecule has 4 aromatic rings. The number of nitrogens with one attached hydrogen (secondary N) is 1. The maximum absolute atomic E-state index is 3.71. The van der Waals surface area contributed by atoms with Gasteiger partial charge in [-0.15, -0.1) is 0 Å². The smallest absolute Gasteiger partial charge is 0.0713 e. The first-order chi connectivity index (χ1) is 15.9. The van der Waals surface area contributed by atoms with Crippen LogP contribution in [0.1, 0.15) is 28.7 Å². The van der Waals surface area contributed by atoms with E-state index < -0.39 is 0 Å². The minimum absolute atomic E-state index is 0.319. The Bertz CT molecular complexity index is 1280. The van der Waals surface area contributed by atoms with Crippen LogP contribution in [0, 0.1) is 0 Å². The van der Waals surface area contributed by atoms with Crippen LogP contribution in [-0.4, -0.2) is 6.04 Å². The number of hydrogen-bond donors (Lipinski definition) is 1. The lowest BCUT2D eigenvalue weighted by atomic mass is 9.68. The molecule has 1 unspecified atom stereocenters. The number of fused-ring (bicyclic) bond motifs is 3. The van der Waals surface area contributed by atoms with Gasteiger partial charge in [-0.25, -0.2) is 0 Å². The van der Waals surface area contributed by atoms with E-state index in [2.05, 4.69) is 133 Å². The molecule has 32 heavy (non-hydrogen) atoms. The third-order valence-electron chi connectivity index (χ3n) is 6.79. The van der Waals surface area contributed by atoms with Crippen LogP contribution in [0.3, 0.4) is 0 Å². The molecule has 0 saturated carbocycles. The van der Waals surface area contributed by atoms with Gasteiger partial charge in [0.05, 0.1) is 5.41 Å². The first kappa shape index (κ1) is 18.9. The highest BCUT2D eigenvalue weighted by atomic mass is 14.9. The van der Waals surface area contributed by atoms with Crippen molar-refractivity contribution in [3.63, 3.8) is 0 Å². The Hall–Kier alpha value is -3.84. The topological polar surface area (TPSA) is 12.0 Å². The molecule has 0 saturated heterocycles. The van der Waals surface area contributed by atoms with Gasteiger partial charge >= 0.3 is 0 Å². The molecule has 0 bridgehead atoms. The average Bonchev–Trinajstić information content (AvgIpc) is 3.16. The summed E-state index contributed by atoms with van der Waals surface area (Å²) < 4.78 is 0. The summed E-state index contributed by atoms with van der Waals surface area (Å²) in [6.07, 6.45) is 9.71. The van der Waals surface area contributed by atoms with Crippen LogP contribution < -0.4 is 5.32 Å². The number of hydrogen-bond acceptors (Lipinski definition) is 1. The maximum atomic E-state index is 3.71. The molecule has 0 fully saturated rings. The Labute approximate surface area is 189 Å². The lowest BCUT2D eigenvalue weighted by molar-refractivity contribution is 0.768. The van der Waals surface area contributed by atoms with Crippen molar-refractivity contribution in [1.29, 1.82) is 0 Å². The van der Waals surface area contributed by atoms with Crippen molar-refractivity contribution in [3.8, 4) is 11.1 Å². The van der Waals surface area contributed by atoms with Gasteiger partial charge in [0.2, 0.25) is 0 Å². The molecular weight excluding hydrogens is 386 g/mol. The van der Waals surface area contributed by atoms with Gasteiger partial charge in [0.15, 0.2) is 0 Å². The summed E-state index contributed by atoms with van der Waals surface area (Å²) >= 11 is 0. The van der Waals surface area contributed by atoms with Crippen LogP contribution in [0.25, 0.3) is 11.1 Å². The molecule has 1 N–H and O–H groups in total. The van der Waals surface area contributed by atoms with Crippen molar-refractivity contribution in [3.05, 3.63) is 150 Å². The van der Waals surface area contributed by atoms with Crippen molar-refractivity contribution in [2.45, 2.75) is 17.9 Å². The van der Waals surface area contributed by atoms with Crippen molar-refractivity contribution >= 4 is 5.69 Å². The van der Waals surface area contributed by atoms with Crippen LogP contribution in [0.15, 0.2) is 127 Å². The zero-order valence-electron chi connectivity index (χ0n) is 17.9. The third-order valence-corrected chi connectivity index (χ3v) is 6.79. The molecule has 4 aromatic carbocycles. The average molecular weight is 412 g/mol. The summed E-state index contributed by atoms with van der Waals surface area (Å²) in [6.45, 7) is 0. The fraction of sp³-hybridized carbons (Fsp3) is 0.0968. The Morgan fingerprint density at radius 2 is 1.28 bits per heavy atom. The van der Waals surface area contributed by atoms with E-state index in [0.29, 0.717) is 6.04 Å². The predicted octanol–water partition coefficient (Wildman–Crippen LogP) is 7.35. The van der Waals surface area contributed by atoms with E-state index in [-0.39, 0.29) is 5.41 Å². The van der Waals surface area contributed by atoms with Gasteiger partial charge in [0.1, 0.15) is 0 Å². The highest BCUT2D eigenvalue weighted by Gasteiger charge is 2.45. The van der Waals surface area contributed by atoms with E-state index in [1.165, 1.54) is 39.1 Å². The van der Waals surface area contributed by atoms with Gasteiger partial charge in [-0.3, -0.25) is 0 Å². The zero-order chi connectivity index (χ0) is 21.4. The first-order valence-corrected chi connectivity index (χ1v) is 11.3. The summed E-state index contributed by atoms with van der Waals surface area (Å²) in [7, 11) is 0. The van der Waals surface area contributed by atoms with E-state index >= 15 is 0 Å². The Morgan fingerprint density at radius 1 is 0.625 bits per heavy atom. The molecule has 1 atom stereocenters. The van der Waals surface area contributed by atoms with Crippen LogP contribution in [0.4, 0.5) is 5.69 Å². The maximum Gasteiger partial charge on any atom is 0.0713 e. The molecular formula is C31H25N. The summed E-state index contributed by atoms with van der Waals surface area (Å²) in [5.74, 6) is 0. The van der Waals surface area contributed by atoms with Gasteiger partial charge < -0.3 is 5.32 Å². The standard InChI is InChI=1S/C31H25N/c1-4-12-23(13-5-1)31(24-14-6-2-7-15-24)29-19-11-10-18-27(29)28-22-26(20-21-30(28)31)32-25-16-8-3-9-17-25/h1-16,18-22,25,32H,17H2. The predicted molar refractivity (Wildman–Crippen MR) is 134 cm³/mol. The molecule has 154 valence electrons. The van der Waals surface area contributed by atoms with Crippen molar-refractivity contribution in [1.82, 2.24) is 0 Å².